The van der Waals surface area contributed by atoms with Crippen LogP contribution in [0.5, 0.6) is 5.75 Å². The summed E-state index contributed by atoms with van der Waals surface area (Å²) in [6, 6.07) is 19.4. The van der Waals surface area contributed by atoms with Gasteiger partial charge in [-0.15, -0.1) is 0 Å². The fourth-order valence-electron chi connectivity index (χ4n) is 5.16. The van der Waals surface area contributed by atoms with E-state index < -0.39 is 18.2 Å². The number of aromatic nitrogens is 1. The van der Waals surface area contributed by atoms with E-state index in [1.54, 1.807) is 12.1 Å². The Bertz CT molecular complexity index is 1620. The van der Waals surface area contributed by atoms with Gasteiger partial charge < -0.3 is 26.6 Å². The van der Waals surface area contributed by atoms with Crippen molar-refractivity contribution in [1.82, 2.24) is 10.3 Å². The van der Waals surface area contributed by atoms with Crippen molar-refractivity contribution in [1.29, 1.82) is 0 Å². The van der Waals surface area contributed by atoms with Gasteiger partial charge in [-0.1, -0.05) is 30.3 Å². The molecule has 0 aliphatic carbocycles. The smallest absolute Gasteiger partial charge is 0.490 e. The highest BCUT2D eigenvalue weighted by atomic mass is 19.4. The first-order chi connectivity index (χ1) is 20.3. The SMILES string of the molecule is Cc1cc(O)cc(C)c1C[C@H](N)C(=O)N[C@@H]1CCNc2ccc(Cc3cnc4ccccc4c3)cc21.O=C(O)C(F)(F)F. The molecular formula is C32H33F3N4O4. The Kier molecular flexibility index (Phi) is 9.55. The van der Waals surface area contributed by atoms with Gasteiger partial charge in [0.2, 0.25) is 5.91 Å². The van der Waals surface area contributed by atoms with Crippen LogP contribution in [-0.2, 0) is 22.4 Å². The maximum Gasteiger partial charge on any atom is 0.490 e. The number of para-hydroxylation sites is 1. The number of amides is 1. The minimum atomic E-state index is -5.08. The molecule has 0 radical (unpaired) electrons. The number of anilines is 1. The molecule has 0 bridgehead atoms. The normalized spacial score (nSPS) is 15.0. The first kappa shape index (κ1) is 31.3. The van der Waals surface area contributed by atoms with Crippen LogP contribution in [0.25, 0.3) is 10.9 Å². The summed E-state index contributed by atoms with van der Waals surface area (Å²) in [6.07, 6.45) is -1.16. The number of phenolic OH excluding ortho intramolecular Hbond substituents is 1. The molecule has 0 unspecified atom stereocenters. The van der Waals surface area contributed by atoms with Gasteiger partial charge in [-0.3, -0.25) is 9.78 Å². The summed E-state index contributed by atoms with van der Waals surface area (Å²) in [6.45, 7) is 4.65. The lowest BCUT2D eigenvalue weighted by molar-refractivity contribution is -0.192. The van der Waals surface area contributed by atoms with Crippen molar-refractivity contribution >= 4 is 28.5 Å². The molecule has 11 heteroatoms. The number of carboxylic acid groups (broad SMARTS) is 1. The number of benzene rings is 3. The summed E-state index contributed by atoms with van der Waals surface area (Å²) in [7, 11) is 0. The molecule has 1 aromatic heterocycles. The van der Waals surface area contributed by atoms with Crippen LogP contribution in [0.3, 0.4) is 0 Å². The second-order valence-corrected chi connectivity index (χ2v) is 10.6. The third kappa shape index (κ3) is 8.01. The van der Waals surface area contributed by atoms with E-state index in [-0.39, 0.29) is 17.7 Å². The number of carboxylic acids is 1. The van der Waals surface area contributed by atoms with Gasteiger partial charge in [0.1, 0.15) is 5.75 Å². The molecule has 2 atom stereocenters. The van der Waals surface area contributed by atoms with Crippen LogP contribution < -0.4 is 16.4 Å². The summed E-state index contributed by atoms with van der Waals surface area (Å²) in [5, 5.41) is 24.7. The third-order valence-electron chi connectivity index (χ3n) is 7.30. The molecule has 0 fully saturated rings. The summed E-state index contributed by atoms with van der Waals surface area (Å²) >= 11 is 0. The Balaban J connectivity index is 0.000000541. The van der Waals surface area contributed by atoms with E-state index in [2.05, 4.69) is 45.9 Å². The number of nitrogens with zero attached hydrogens (tertiary/aromatic N) is 1. The van der Waals surface area contributed by atoms with Gasteiger partial charge in [0.25, 0.3) is 0 Å². The number of aliphatic carboxylic acids is 1. The zero-order valence-corrected chi connectivity index (χ0v) is 23.7. The number of hydrogen-bond donors (Lipinski definition) is 5. The number of alkyl halides is 3. The second-order valence-electron chi connectivity index (χ2n) is 10.6. The van der Waals surface area contributed by atoms with Crippen LogP contribution in [0.15, 0.2) is 66.9 Å². The van der Waals surface area contributed by atoms with Gasteiger partial charge >= 0.3 is 12.1 Å². The number of aromatic hydroxyl groups is 1. The van der Waals surface area contributed by atoms with E-state index in [0.717, 1.165) is 63.8 Å². The summed E-state index contributed by atoms with van der Waals surface area (Å²) in [5.41, 5.74) is 14.7. The van der Waals surface area contributed by atoms with Gasteiger partial charge in [-0.05, 0) is 96.8 Å². The fourth-order valence-corrected chi connectivity index (χ4v) is 5.16. The number of phenols is 1. The molecule has 0 saturated heterocycles. The molecule has 43 heavy (non-hydrogen) atoms. The summed E-state index contributed by atoms with van der Waals surface area (Å²) < 4.78 is 31.7. The first-order valence-electron chi connectivity index (χ1n) is 13.7. The molecule has 4 aromatic rings. The molecule has 226 valence electrons. The van der Waals surface area contributed by atoms with Gasteiger partial charge in [0.05, 0.1) is 17.6 Å². The summed E-state index contributed by atoms with van der Waals surface area (Å²) in [4.78, 5) is 26.6. The number of pyridine rings is 1. The molecule has 5 rings (SSSR count). The molecule has 0 saturated carbocycles. The monoisotopic (exact) mass is 594 g/mol. The number of nitrogens with two attached hydrogens (primary N) is 1. The van der Waals surface area contributed by atoms with Crippen molar-refractivity contribution in [3.8, 4) is 5.75 Å². The molecule has 3 aromatic carbocycles. The van der Waals surface area contributed by atoms with Crippen LogP contribution >= 0.6 is 0 Å². The lowest BCUT2D eigenvalue weighted by Crippen LogP contribution is -2.44. The Morgan fingerprint density at radius 3 is 2.42 bits per heavy atom. The number of halogens is 3. The number of hydrogen-bond acceptors (Lipinski definition) is 6. The Morgan fingerprint density at radius 2 is 1.74 bits per heavy atom. The van der Waals surface area contributed by atoms with E-state index in [1.165, 1.54) is 5.56 Å². The Morgan fingerprint density at radius 1 is 1.07 bits per heavy atom. The number of rotatable bonds is 6. The molecule has 6 N–H and O–H groups in total. The third-order valence-corrected chi connectivity index (χ3v) is 7.30. The minimum absolute atomic E-state index is 0.100. The highest BCUT2D eigenvalue weighted by Gasteiger charge is 2.38. The van der Waals surface area contributed by atoms with Crippen molar-refractivity contribution in [3.05, 3.63) is 100 Å². The second kappa shape index (κ2) is 13.1. The van der Waals surface area contributed by atoms with Crippen molar-refractivity contribution in [2.24, 2.45) is 5.73 Å². The first-order valence-corrected chi connectivity index (χ1v) is 13.7. The predicted molar refractivity (Wildman–Crippen MR) is 158 cm³/mol. The van der Waals surface area contributed by atoms with Gasteiger partial charge in [0.15, 0.2) is 0 Å². The number of fused-ring (bicyclic) bond motifs is 2. The number of aryl methyl sites for hydroxylation is 2. The van der Waals surface area contributed by atoms with Gasteiger partial charge in [-0.2, -0.15) is 13.2 Å². The van der Waals surface area contributed by atoms with Crippen LogP contribution in [0, 0.1) is 13.8 Å². The lowest BCUT2D eigenvalue weighted by atomic mass is 9.93. The average Bonchev–Trinajstić information content (AvgIpc) is 2.95. The molecule has 1 aliphatic rings. The Hall–Kier alpha value is -4.64. The van der Waals surface area contributed by atoms with Crippen LogP contribution in [0.2, 0.25) is 0 Å². The molecule has 0 spiro atoms. The maximum atomic E-state index is 13.1. The molecule has 1 amide bonds. The molecule has 2 heterocycles. The van der Waals surface area contributed by atoms with E-state index in [1.807, 2.05) is 38.2 Å². The maximum absolute atomic E-state index is 13.1. The van der Waals surface area contributed by atoms with Crippen molar-refractivity contribution in [2.45, 2.75) is 51.4 Å². The van der Waals surface area contributed by atoms with Crippen LogP contribution in [0.1, 0.15) is 45.8 Å². The van der Waals surface area contributed by atoms with Gasteiger partial charge in [-0.25, -0.2) is 4.79 Å². The molecule has 1 aliphatic heterocycles. The lowest BCUT2D eigenvalue weighted by Gasteiger charge is -2.29. The number of carbonyl (C=O) groups is 2. The van der Waals surface area contributed by atoms with Crippen molar-refractivity contribution in [2.75, 3.05) is 11.9 Å². The van der Waals surface area contributed by atoms with Crippen molar-refractivity contribution in [3.63, 3.8) is 0 Å². The number of nitrogens with one attached hydrogen (secondary N) is 2. The van der Waals surface area contributed by atoms with E-state index in [0.29, 0.717) is 6.42 Å². The van der Waals surface area contributed by atoms with E-state index in [9.17, 15) is 23.1 Å². The molecule has 8 nitrogen and oxygen atoms in total. The summed E-state index contributed by atoms with van der Waals surface area (Å²) in [5.74, 6) is -2.69. The quantitative estimate of drug-likeness (QED) is 0.204. The highest BCUT2D eigenvalue weighted by Crippen LogP contribution is 2.32. The predicted octanol–water partition coefficient (Wildman–Crippen LogP) is 5.32. The van der Waals surface area contributed by atoms with Gasteiger partial charge in [0, 0.05) is 23.8 Å². The topological polar surface area (TPSA) is 138 Å². The zero-order chi connectivity index (χ0) is 31.3. The van der Waals surface area contributed by atoms with Crippen LogP contribution in [0.4, 0.5) is 18.9 Å². The minimum Gasteiger partial charge on any atom is -0.508 e. The fraction of sp³-hybridized carbons (Fsp3) is 0.281. The average molecular weight is 595 g/mol. The standard InChI is InChI=1S/C30H32N4O2.C2HF3O2/c1-18-11-23(35)12-19(2)24(18)16-26(31)30(36)34-29-9-10-32-28-8-7-20(15-25(28)29)13-21-14-22-5-3-4-6-27(22)33-17-21;3-2(4,5)1(6)7/h3-8,11-12,14-15,17,26,29,32,35H,9-10,13,16,31H2,1-2H3,(H,34,36);(H,6,7)/t26-,29+;/m0./s1. The zero-order valence-electron chi connectivity index (χ0n) is 23.7. The largest absolute Gasteiger partial charge is 0.508 e. The number of carbonyl (C=O) groups excluding carboxylic acids is 1. The highest BCUT2D eigenvalue weighted by molar-refractivity contribution is 5.83. The molecular weight excluding hydrogens is 561 g/mol. The van der Waals surface area contributed by atoms with Crippen LogP contribution in [-0.4, -0.2) is 45.8 Å². The van der Waals surface area contributed by atoms with E-state index in [4.69, 9.17) is 15.6 Å². The Labute approximate surface area is 246 Å². The van der Waals surface area contributed by atoms with E-state index >= 15 is 0 Å². The van der Waals surface area contributed by atoms with Crippen molar-refractivity contribution < 1.29 is 33.0 Å².